The van der Waals surface area contributed by atoms with E-state index in [9.17, 15) is 8.78 Å². The highest BCUT2D eigenvalue weighted by atomic mass is 19.2. The van der Waals surface area contributed by atoms with Gasteiger partial charge in [0, 0.05) is 11.1 Å². The molecule has 0 fully saturated rings. The Morgan fingerprint density at radius 1 is 1.14 bits per heavy atom. The average Bonchev–Trinajstić information content (AvgIpc) is 2.69. The van der Waals surface area contributed by atoms with E-state index in [0.29, 0.717) is 12.1 Å². The third-order valence-electron chi connectivity index (χ3n) is 3.80. The molecular formula is C17H21F2NO. The van der Waals surface area contributed by atoms with Crippen molar-refractivity contribution in [1.82, 2.24) is 5.32 Å². The molecule has 1 unspecified atom stereocenters. The topological polar surface area (TPSA) is 25.2 Å². The standard InChI is InChI=1S/C17H21F2NO/c1-5-9-20-17(13-7-6-8-14(18)16(13)19)15-10(2)11(3)21-12(15)4/h6-8,17,20H,5,9H2,1-4H3. The average molecular weight is 293 g/mol. The van der Waals surface area contributed by atoms with Gasteiger partial charge in [0.2, 0.25) is 0 Å². The van der Waals surface area contributed by atoms with Crippen LogP contribution in [0.4, 0.5) is 8.78 Å². The van der Waals surface area contributed by atoms with E-state index in [2.05, 4.69) is 5.32 Å². The molecule has 1 aromatic heterocycles. The molecule has 2 aromatic rings. The number of aryl methyl sites for hydroxylation is 2. The molecule has 2 rings (SSSR count). The Hall–Kier alpha value is -1.68. The van der Waals surface area contributed by atoms with Gasteiger partial charge in [-0.1, -0.05) is 19.1 Å². The summed E-state index contributed by atoms with van der Waals surface area (Å²) in [5, 5.41) is 3.30. The maximum Gasteiger partial charge on any atom is 0.163 e. The second-order valence-electron chi connectivity index (χ2n) is 5.28. The van der Waals surface area contributed by atoms with Crippen molar-refractivity contribution in [3.8, 4) is 0 Å². The second-order valence-corrected chi connectivity index (χ2v) is 5.28. The molecule has 0 aliphatic carbocycles. The van der Waals surface area contributed by atoms with E-state index in [-0.39, 0.29) is 0 Å². The summed E-state index contributed by atoms with van der Waals surface area (Å²) < 4.78 is 33.4. The number of hydrogen-bond acceptors (Lipinski definition) is 2. The minimum absolute atomic E-state index is 0.315. The lowest BCUT2D eigenvalue weighted by Gasteiger charge is -2.20. The highest BCUT2D eigenvalue weighted by Crippen LogP contribution is 2.33. The zero-order chi connectivity index (χ0) is 15.6. The maximum atomic E-state index is 14.2. The third-order valence-corrected chi connectivity index (χ3v) is 3.80. The minimum atomic E-state index is -0.827. The first-order valence-electron chi connectivity index (χ1n) is 7.21. The van der Waals surface area contributed by atoms with Crippen LogP contribution in [0.3, 0.4) is 0 Å². The summed E-state index contributed by atoms with van der Waals surface area (Å²) in [5.41, 5.74) is 2.19. The van der Waals surface area contributed by atoms with Crippen molar-refractivity contribution in [3.63, 3.8) is 0 Å². The zero-order valence-corrected chi connectivity index (χ0v) is 12.9. The predicted molar refractivity (Wildman–Crippen MR) is 79.4 cm³/mol. The molecule has 1 atom stereocenters. The molecule has 1 heterocycles. The van der Waals surface area contributed by atoms with Gasteiger partial charge in [0.05, 0.1) is 6.04 Å². The van der Waals surface area contributed by atoms with Gasteiger partial charge in [0.1, 0.15) is 11.5 Å². The van der Waals surface area contributed by atoms with Gasteiger partial charge in [0.15, 0.2) is 11.6 Å². The number of furan rings is 1. The first-order valence-corrected chi connectivity index (χ1v) is 7.21. The molecule has 2 nitrogen and oxygen atoms in total. The molecule has 0 radical (unpaired) electrons. The van der Waals surface area contributed by atoms with Gasteiger partial charge in [-0.2, -0.15) is 0 Å². The molecule has 0 saturated carbocycles. The first kappa shape index (κ1) is 15.7. The van der Waals surface area contributed by atoms with Crippen molar-refractivity contribution >= 4 is 0 Å². The van der Waals surface area contributed by atoms with Crippen LogP contribution in [-0.4, -0.2) is 6.54 Å². The van der Waals surface area contributed by atoms with Crippen LogP contribution in [0.25, 0.3) is 0 Å². The SMILES string of the molecule is CCCNC(c1cccc(F)c1F)c1c(C)oc(C)c1C. The van der Waals surface area contributed by atoms with Gasteiger partial charge in [-0.05, 0) is 45.4 Å². The normalized spacial score (nSPS) is 12.7. The van der Waals surface area contributed by atoms with Crippen molar-refractivity contribution in [2.45, 2.75) is 40.2 Å². The molecule has 0 saturated heterocycles. The van der Waals surface area contributed by atoms with E-state index < -0.39 is 17.7 Å². The zero-order valence-electron chi connectivity index (χ0n) is 12.9. The van der Waals surface area contributed by atoms with Crippen LogP contribution in [0.1, 0.15) is 47.6 Å². The van der Waals surface area contributed by atoms with E-state index in [1.54, 1.807) is 6.07 Å². The molecule has 0 amide bonds. The van der Waals surface area contributed by atoms with E-state index >= 15 is 0 Å². The van der Waals surface area contributed by atoms with Gasteiger partial charge in [-0.25, -0.2) is 8.78 Å². The minimum Gasteiger partial charge on any atom is -0.466 e. The Morgan fingerprint density at radius 3 is 2.43 bits per heavy atom. The van der Waals surface area contributed by atoms with Crippen molar-refractivity contribution < 1.29 is 13.2 Å². The molecule has 0 aliphatic rings. The van der Waals surface area contributed by atoms with Crippen LogP contribution in [-0.2, 0) is 0 Å². The van der Waals surface area contributed by atoms with Gasteiger partial charge < -0.3 is 9.73 Å². The summed E-state index contributed by atoms with van der Waals surface area (Å²) in [6.07, 6.45) is 0.905. The summed E-state index contributed by atoms with van der Waals surface area (Å²) >= 11 is 0. The lowest BCUT2D eigenvalue weighted by molar-refractivity contribution is 0.471. The lowest BCUT2D eigenvalue weighted by atomic mass is 9.94. The fourth-order valence-electron chi connectivity index (χ4n) is 2.63. The smallest absolute Gasteiger partial charge is 0.163 e. The van der Waals surface area contributed by atoms with Crippen molar-refractivity contribution in [1.29, 1.82) is 0 Å². The van der Waals surface area contributed by atoms with Gasteiger partial charge in [0.25, 0.3) is 0 Å². The molecule has 21 heavy (non-hydrogen) atoms. The summed E-state index contributed by atoms with van der Waals surface area (Å²) in [6.45, 7) is 8.42. The van der Waals surface area contributed by atoms with Crippen LogP contribution < -0.4 is 5.32 Å². The van der Waals surface area contributed by atoms with E-state index in [1.165, 1.54) is 6.07 Å². The number of halogens is 2. The highest BCUT2D eigenvalue weighted by molar-refractivity contribution is 5.41. The van der Waals surface area contributed by atoms with Crippen LogP contribution in [0.5, 0.6) is 0 Å². The van der Waals surface area contributed by atoms with Crippen LogP contribution >= 0.6 is 0 Å². The maximum absolute atomic E-state index is 14.2. The number of benzene rings is 1. The quantitative estimate of drug-likeness (QED) is 0.873. The molecule has 1 aromatic carbocycles. The Bertz CT molecular complexity index is 634. The van der Waals surface area contributed by atoms with Crippen molar-refractivity contribution in [2.75, 3.05) is 6.54 Å². The summed E-state index contributed by atoms with van der Waals surface area (Å²) in [4.78, 5) is 0. The summed E-state index contributed by atoms with van der Waals surface area (Å²) in [6, 6.07) is 3.88. The highest BCUT2D eigenvalue weighted by Gasteiger charge is 2.25. The van der Waals surface area contributed by atoms with Crippen LogP contribution in [0.15, 0.2) is 22.6 Å². The first-order chi connectivity index (χ1) is 9.97. The molecule has 1 N–H and O–H groups in total. The van der Waals surface area contributed by atoms with Gasteiger partial charge >= 0.3 is 0 Å². The fraction of sp³-hybridized carbons (Fsp3) is 0.412. The molecule has 114 valence electrons. The number of hydrogen-bond donors (Lipinski definition) is 1. The Kier molecular flexibility index (Phi) is 4.78. The van der Waals surface area contributed by atoms with Crippen LogP contribution in [0.2, 0.25) is 0 Å². The molecule has 0 spiro atoms. The van der Waals surface area contributed by atoms with E-state index in [1.807, 2.05) is 27.7 Å². The van der Waals surface area contributed by atoms with E-state index in [0.717, 1.165) is 35.1 Å². The molecule has 0 aliphatic heterocycles. The Balaban J connectivity index is 2.55. The monoisotopic (exact) mass is 293 g/mol. The largest absolute Gasteiger partial charge is 0.466 e. The lowest BCUT2D eigenvalue weighted by Crippen LogP contribution is -2.25. The Labute approximate surface area is 124 Å². The van der Waals surface area contributed by atoms with Crippen LogP contribution in [0, 0.1) is 32.4 Å². The number of rotatable bonds is 5. The second kappa shape index (κ2) is 6.39. The van der Waals surface area contributed by atoms with E-state index in [4.69, 9.17) is 4.42 Å². The predicted octanol–water partition coefficient (Wildman–Crippen LogP) is 4.57. The molecular weight excluding hydrogens is 272 g/mol. The third kappa shape index (κ3) is 3.00. The number of nitrogens with one attached hydrogen (secondary N) is 1. The van der Waals surface area contributed by atoms with Gasteiger partial charge in [-0.15, -0.1) is 0 Å². The molecule has 0 bridgehead atoms. The Morgan fingerprint density at radius 2 is 1.86 bits per heavy atom. The van der Waals surface area contributed by atoms with Gasteiger partial charge in [-0.3, -0.25) is 0 Å². The molecule has 4 heteroatoms. The van der Waals surface area contributed by atoms with Crippen molar-refractivity contribution in [3.05, 3.63) is 58.0 Å². The van der Waals surface area contributed by atoms with Crippen molar-refractivity contribution in [2.24, 2.45) is 0 Å². The summed E-state index contributed by atoms with van der Waals surface area (Å²) in [7, 11) is 0. The summed E-state index contributed by atoms with van der Waals surface area (Å²) in [5.74, 6) is -0.0834. The fourth-order valence-corrected chi connectivity index (χ4v) is 2.63.